The predicted octanol–water partition coefficient (Wildman–Crippen LogP) is 3.61. The van der Waals surface area contributed by atoms with Gasteiger partial charge in [-0.15, -0.1) is 0 Å². The van der Waals surface area contributed by atoms with Crippen LogP contribution in [0.25, 0.3) is 22.4 Å². The largest absolute Gasteiger partial charge is 0.504 e. The monoisotopic (exact) mass is 351 g/mol. The minimum atomic E-state index is -0.187. The van der Waals surface area contributed by atoms with Gasteiger partial charge in [-0.05, 0) is 47.4 Å². The van der Waals surface area contributed by atoms with E-state index in [2.05, 4.69) is 4.98 Å². The summed E-state index contributed by atoms with van der Waals surface area (Å²) in [5.74, 6) is 0.414. The van der Waals surface area contributed by atoms with Gasteiger partial charge in [0, 0.05) is 24.4 Å². The summed E-state index contributed by atoms with van der Waals surface area (Å²) in [6.45, 7) is 0.678. The summed E-state index contributed by atoms with van der Waals surface area (Å²) in [5, 5.41) is 9.75. The molecule has 0 unspecified atom stereocenters. The SMILES string of the molecule is COCCc1ccc(-c2cc(-c3ccc(O)c(OC)c3)[nH]c(=O)c2)cc1. The van der Waals surface area contributed by atoms with Gasteiger partial charge in [0.05, 0.1) is 13.7 Å². The number of hydrogen-bond acceptors (Lipinski definition) is 4. The van der Waals surface area contributed by atoms with Gasteiger partial charge in [0.25, 0.3) is 0 Å². The summed E-state index contributed by atoms with van der Waals surface area (Å²) in [5.41, 5.74) is 4.21. The molecule has 3 rings (SSSR count). The number of rotatable bonds is 6. The summed E-state index contributed by atoms with van der Waals surface area (Å²) in [6.07, 6.45) is 0.852. The summed E-state index contributed by atoms with van der Waals surface area (Å²) < 4.78 is 10.2. The van der Waals surface area contributed by atoms with Gasteiger partial charge >= 0.3 is 0 Å². The summed E-state index contributed by atoms with van der Waals surface area (Å²) in [4.78, 5) is 15.0. The molecule has 1 aromatic heterocycles. The first-order chi connectivity index (χ1) is 12.6. The molecule has 5 heteroatoms. The predicted molar refractivity (Wildman–Crippen MR) is 102 cm³/mol. The summed E-state index contributed by atoms with van der Waals surface area (Å²) in [6, 6.07) is 16.5. The quantitative estimate of drug-likeness (QED) is 0.712. The van der Waals surface area contributed by atoms with E-state index < -0.39 is 0 Å². The molecule has 0 bridgehead atoms. The van der Waals surface area contributed by atoms with E-state index in [0.29, 0.717) is 18.1 Å². The second-order valence-electron chi connectivity index (χ2n) is 5.97. The Labute approximate surface area is 151 Å². The number of phenolic OH excluding ortho intramolecular Hbond substituents is 1. The Hall–Kier alpha value is -3.05. The molecule has 134 valence electrons. The zero-order valence-corrected chi connectivity index (χ0v) is 14.8. The zero-order valence-electron chi connectivity index (χ0n) is 14.8. The fourth-order valence-corrected chi connectivity index (χ4v) is 2.79. The average Bonchev–Trinajstić information content (AvgIpc) is 2.66. The van der Waals surface area contributed by atoms with Crippen molar-refractivity contribution in [3.63, 3.8) is 0 Å². The topological polar surface area (TPSA) is 71.5 Å². The van der Waals surface area contributed by atoms with E-state index in [1.54, 1.807) is 31.4 Å². The molecule has 5 nitrogen and oxygen atoms in total. The van der Waals surface area contributed by atoms with Crippen molar-refractivity contribution in [2.45, 2.75) is 6.42 Å². The Morgan fingerprint density at radius 3 is 2.35 bits per heavy atom. The van der Waals surface area contributed by atoms with Gasteiger partial charge in [-0.3, -0.25) is 4.79 Å². The Kier molecular flexibility index (Phi) is 5.39. The van der Waals surface area contributed by atoms with Crippen molar-refractivity contribution in [3.05, 3.63) is 70.5 Å². The van der Waals surface area contributed by atoms with E-state index in [-0.39, 0.29) is 11.3 Å². The molecule has 2 aromatic carbocycles. The lowest BCUT2D eigenvalue weighted by atomic mass is 10.0. The van der Waals surface area contributed by atoms with Crippen molar-refractivity contribution in [2.75, 3.05) is 20.8 Å². The highest BCUT2D eigenvalue weighted by molar-refractivity contribution is 5.71. The summed E-state index contributed by atoms with van der Waals surface area (Å²) >= 11 is 0. The average molecular weight is 351 g/mol. The van der Waals surface area contributed by atoms with Crippen LogP contribution in [0.3, 0.4) is 0 Å². The third kappa shape index (κ3) is 3.95. The molecular weight excluding hydrogens is 330 g/mol. The summed E-state index contributed by atoms with van der Waals surface area (Å²) in [7, 11) is 3.17. The lowest BCUT2D eigenvalue weighted by Gasteiger charge is -2.09. The molecule has 0 saturated carbocycles. The van der Waals surface area contributed by atoms with Crippen molar-refractivity contribution < 1.29 is 14.6 Å². The third-order valence-corrected chi connectivity index (χ3v) is 4.22. The molecule has 0 spiro atoms. The molecule has 0 aliphatic rings. The maximum atomic E-state index is 12.1. The van der Waals surface area contributed by atoms with E-state index in [1.165, 1.54) is 12.7 Å². The smallest absolute Gasteiger partial charge is 0.249 e. The van der Waals surface area contributed by atoms with E-state index >= 15 is 0 Å². The number of phenols is 1. The maximum absolute atomic E-state index is 12.1. The van der Waals surface area contributed by atoms with Crippen molar-refractivity contribution >= 4 is 0 Å². The van der Waals surface area contributed by atoms with Crippen molar-refractivity contribution in [2.24, 2.45) is 0 Å². The van der Waals surface area contributed by atoms with Gasteiger partial charge in [-0.2, -0.15) is 0 Å². The van der Waals surface area contributed by atoms with Crippen LogP contribution >= 0.6 is 0 Å². The molecule has 26 heavy (non-hydrogen) atoms. The number of methoxy groups -OCH3 is 2. The van der Waals surface area contributed by atoms with E-state index in [1.807, 2.05) is 30.3 Å². The molecule has 0 aliphatic carbocycles. The van der Waals surface area contributed by atoms with Crippen LogP contribution in [-0.2, 0) is 11.2 Å². The number of benzene rings is 2. The van der Waals surface area contributed by atoms with Gasteiger partial charge < -0.3 is 19.6 Å². The molecule has 3 aromatic rings. The lowest BCUT2D eigenvalue weighted by molar-refractivity contribution is 0.202. The van der Waals surface area contributed by atoms with Crippen molar-refractivity contribution in [1.82, 2.24) is 4.98 Å². The molecule has 0 atom stereocenters. The van der Waals surface area contributed by atoms with E-state index in [9.17, 15) is 9.90 Å². The second kappa shape index (κ2) is 7.89. The number of aromatic nitrogens is 1. The highest BCUT2D eigenvalue weighted by Crippen LogP contribution is 2.31. The molecule has 2 N–H and O–H groups in total. The number of nitrogens with one attached hydrogen (secondary N) is 1. The standard InChI is InChI=1S/C21H21NO4/c1-25-10-9-14-3-5-15(6-4-14)17-11-18(22-21(24)13-17)16-7-8-19(23)20(12-16)26-2/h3-8,11-13,23H,9-10H2,1-2H3,(H,22,24). The first-order valence-corrected chi connectivity index (χ1v) is 8.30. The van der Waals surface area contributed by atoms with Crippen LogP contribution in [-0.4, -0.2) is 30.9 Å². The van der Waals surface area contributed by atoms with Crippen LogP contribution in [0.15, 0.2) is 59.4 Å². The Balaban J connectivity index is 1.96. The number of aromatic hydroxyl groups is 1. The van der Waals surface area contributed by atoms with E-state index in [4.69, 9.17) is 9.47 Å². The number of ether oxygens (including phenoxy) is 2. The zero-order chi connectivity index (χ0) is 18.5. The number of pyridine rings is 1. The highest BCUT2D eigenvalue weighted by Gasteiger charge is 2.08. The number of aromatic amines is 1. The second-order valence-corrected chi connectivity index (χ2v) is 5.97. The van der Waals surface area contributed by atoms with Gasteiger partial charge in [-0.25, -0.2) is 0 Å². The molecular formula is C21H21NO4. The Morgan fingerprint density at radius 1 is 0.923 bits per heavy atom. The maximum Gasteiger partial charge on any atom is 0.249 e. The van der Waals surface area contributed by atoms with Crippen LogP contribution in [0.4, 0.5) is 0 Å². The van der Waals surface area contributed by atoms with Crippen LogP contribution < -0.4 is 10.3 Å². The fourth-order valence-electron chi connectivity index (χ4n) is 2.79. The van der Waals surface area contributed by atoms with Crippen LogP contribution in [0.2, 0.25) is 0 Å². The van der Waals surface area contributed by atoms with Crippen molar-refractivity contribution in [3.8, 4) is 33.9 Å². The molecule has 0 saturated heterocycles. The van der Waals surface area contributed by atoms with Crippen molar-refractivity contribution in [1.29, 1.82) is 0 Å². The Morgan fingerprint density at radius 2 is 1.65 bits per heavy atom. The van der Waals surface area contributed by atoms with Gasteiger partial charge in [0.2, 0.25) is 5.56 Å². The lowest BCUT2D eigenvalue weighted by Crippen LogP contribution is -2.06. The number of hydrogen-bond donors (Lipinski definition) is 2. The highest BCUT2D eigenvalue weighted by atomic mass is 16.5. The minimum Gasteiger partial charge on any atom is -0.504 e. The normalized spacial score (nSPS) is 10.7. The molecule has 0 fully saturated rings. The third-order valence-electron chi connectivity index (χ3n) is 4.22. The molecule has 0 aliphatic heterocycles. The number of H-pyrrole nitrogens is 1. The Bertz CT molecular complexity index is 945. The molecule has 1 heterocycles. The van der Waals surface area contributed by atoms with Gasteiger partial charge in [0.1, 0.15) is 0 Å². The first kappa shape index (κ1) is 17.8. The van der Waals surface area contributed by atoms with Gasteiger partial charge in [0.15, 0.2) is 11.5 Å². The molecule has 0 amide bonds. The van der Waals surface area contributed by atoms with Crippen LogP contribution in [0, 0.1) is 0 Å². The minimum absolute atomic E-state index is 0.0569. The van der Waals surface area contributed by atoms with Gasteiger partial charge in [-0.1, -0.05) is 24.3 Å². The first-order valence-electron chi connectivity index (χ1n) is 8.30. The van der Waals surface area contributed by atoms with Crippen LogP contribution in [0.5, 0.6) is 11.5 Å². The fraction of sp³-hybridized carbons (Fsp3) is 0.190. The van der Waals surface area contributed by atoms with E-state index in [0.717, 1.165) is 23.1 Å². The molecule has 0 radical (unpaired) electrons. The van der Waals surface area contributed by atoms with Crippen LogP contribution in [0.1, 0.15) is 5.56 Å².